The van der Waals surface area contributed by atoms with E-state index in [1.807, 2.05) is 0 Å². The van der Waals surface area contributed by atoms with Crippen LogP contribution in [0.25, 0.3) is 0 Å². The number of carbonyl (C=O) groups excluding carboxylic acids is 1. The van der Waals surface area contributed by atoms with Gasteiger partial charge in [0.2, 0.25) is 0 Å². The van der Waals surface area contributed by atoms with Crippen molar-refractivity contribution in [2.45, 2.75) is 6.92 Å². The van der Waals surface area contributed by atoms with Crippen LogP contribution in [0, 0.1) is 3.57 Å². The van der Waals surface area contributed by atoms with Gasteiger partial charge in [-0.2, -0.15) is 0 Å². The maximum atomic E-state index is 11.0. The summed E-state index contributed by atoms with van der Waals surface area (Å²) in [7, 11) is 0. The van der Waals surface area contributed by atoms with Crippen LogP contribution in [0.2, 0.25) is 0 Å². The molecule has 1 aromatic rings. The van der Waals surface area contributed by atoms with Crippen LogP contribution in [-0.2, 0) is 0 Å². The number of Topliss-reactive ketones (excluding diaryl/α,β-unsaturated/α-hetero) is 1. The fourth-order valence-electron chi connectivity index (χ4n) is 0.807. The molecule has 0 heterocycles. The summed E-state index contributed by atoms with van der Waals surface area (Å²) in [5.41, 5.74) is 0.552. The summed E-state index contributed by atoms with van der Waals surface area (Å²) in [5.74, 6) is 0.0582. The Kier molecular flexibility index (Phi) is 3.11. The van der Waals surface area contributed by atoms with Gasteiger partial charge in [0.25, 0.3) is 0 Å². The van der Waals surface area contributed by atoms with Crippen molar-refractivity contribution in [3.05, 3.63) is 25.7 Å². The highest BCUT2D eigenvalue weighted by Gasteiger charge is 2.08. The molecule has 0 aliphatic rings. The summed E-state index contributed by atoms with van der Waals surface area (Å²) in [4.78, 5) is 11.0. The zero-order valence-electron chi connectivity index (χ0n) is 6.27. The second-order valence-electron chi connectivity index (χ2n) is 2.34. The van der Waals surface area contributed by atoms with Crippen molar-refractivity contribution in [2.24, 2.45) is 0 Å². The topological polar surface area (TPSA) is 37.3 Å². The Balaban J connectivity index is 3.33. The Labute approximate surface area is 92.2 Å². The van der Waals surface area contributed by atoms with E-state index in [4.69, 9.17) is 0 Å². The van der Waals surface area contributed by atoms with Gasteiger partial charge in [0.1, 0.15) is 5.75 Å². The molecular weight excluding hydrogens is 335 g/mol. The van der Waals surface area contributed by atoms with Crippen molar-refractivity contribution >= 4 is 44.3 Å². The zero-order chi connectivity index (χ0) is 9.30. The third-order valence-electron chi connectivity index (χ3n) is 1.42. The number of ketones is 1. The van der Waals surface area contributed by atoms with E-state index in [1.165, 1.54) is 13.0 Å². The SMILES string of the molecule is CC(=O)c1cc(O)c(Br)cc1I. The highest BCUT2D eigenvalue weighted by atomic mass is 127. The largest absolute Gasteiger partial charge is 0.507 e. The number of rotatable bonds is 1. The normalized spacial score (nSPS) is 9.92. The van der Waals surface area contributed by atoms with Gasteiger partial charge in [-0.1, -0.05) is 0 Å². The molecule has 1 aromatic carbocycles. The first-order valence-corrected chi connectivity index (χ1v) is 5.08. The summed E-state index contributed by atoms with van der Waals surface area (Å²) >= 11 is 5.22. The molecule has 0 radical (unpaired) electrons. The van der Waals surface area contributed by atoms with Gasteiger partial charge in [0.15, 0.2) is 5.78 Å². The smallest absolute Gasteiger partial charge is 0.161 e. The van der Waals surface area contributed by atoms with Gasteiger partial charge in [-0.25, -0.2) is 0 Å². The number of aromatic hydroxyl groups is 1. The standard InChI is InChI=1S/C8H6BrIO2/c1-4(11)5-2-8(12)6(9)3-7(5)10/h2-3,12H,1H3. The Morgan fingerprint density at radius 1 is 1.58 bits per heavy atom. The van der Waals surface area contributed by atoms with Crippen LogP contribution in [0.1, 0.15) is 17.3 Å². The Morgan fingerprint density at radius 3 is 2.67 bits per heavy atom. The molecule has 0 fully saturated rings. The van der Waals surface area contributed by atoms with Crippen molar-refractivity contribution in [3.8, 4) is 5.75 Å². The maximum absolute atomic E-state index is 11.0. The van der Waals surface area contributed by atoms with Gasteiger partial charge in [-0.05, 0) is 57.6 Å². The Hall–Kier alpha value is -0.100. The lowest BCUT2D eigenvalue weighted by molar-refractivity contribution is 0.101. The lowest BCUT2D eigenvalue weighted by Crippen LogP contribution is -1.95. The highest BCUT2D eigenvalue weighted by Crippen LogP contribution is 2.28. The van der Waals surface area contributed by atoms with Crippen LogP contribution in [0.4, 0.5) is 0 Å². The van der Waals surface area contributed by atoms with Gasteiger partial charge >= 0.3 is 0 Å². The minimum Gasteiger partial charge on any atom is -0.507 e. The number of halogens is 2. The number of phenolic OH excluding ortho intramolecular Hbond substituents is 1. The monoisotopic (exact) mass is 340 g/mol. The molecule has 0 aliphatic heterocycles. The van der Waals surface area contributed by atoms with Crippen LogP contribution >= 0.6 is 38.5 Å². The zero-order valence-corrected chi connectivity index (χ0v) is 10.0. The first-order chi connectivity index (χ1) is 5.52. The second-order valence-corrected chi connectivity index (χ2v) is 4.36. The molecule has 2 nitrogen and oxygen atoms in total. The molecule has 1 N–H and O–H groups in total. The highest BCUT2D eigenvalue weighted by molar-refractivity contribution is 14.1. The second kappa shape index (κ2) is 3.74. The fraction of sp³-hybridized carbons (Fsp3) is 0.125. The van der Waals surface area contributed by atoms with Crippen LogP contribution in [0.15, 0.2) is 16.6 Å². The van der Waals surface area contributed by atoms with Crippen LogP contribution < -0.4 is 0 Å². The average Bonchev–Trinajstić information content (AvgIpc) is 1.96. The summed E-state index contributed by atoms with van der Waals surface area (Å²) in [6.45, 7) is 1.48. The summed E-state index contributed by atoms with van der Waals surface area (Å²) < 4.78 is 1.45. The number of phenols is 1. The number of carbonyl (C=O) groups is 1. The quantitative estimate of drug-likeness (QED) is 0.630. The molecule has 12 heavy (non-hydrogen) atoms. The molecule has 0 atom stereocenters. The van der Waals surface area contributed by atoms with E-state index < -0.39 is 0 Å². The maximum Gasteiger partial charge on any atom is 0.161 e. The van der Waals surface area contributed by atoms with Crippen LogP contribution in [0.3, 0.4) is 0 Å². The van der Waals surface area contributed by atoms with E-state index in [0.29, 0.717) is 10.0 Å². The van der Waals surface area contributed by atoms with Gasteiger partial charge in [-0.15, -0.1) is 0 Å². The average molecular weight is 341 g/mol. The first-order valence-electron chi connectivity index (χ1n) is 3.21. The molecule has 0 spiro atoms. The van der Waals surface area contributed by atoms with E-state index in [9.17, 15) is 9.90 Å². The molecule has 1 rings (SSSR count). The minimum absolute atomic E-state index is 0.0396. The number of hydrogen-bond acceptors (Lipinski definition) is 2. The summed E-state index contributed by atoms with van der Waals surface area (Å²) in [5, 5.41) is 9.27. The molecule has 0 unspecified atom stereocenters. The third kappa shape index (κ3) is 1.98. The van der Waals surface area contributed by atoms with Gasteiger partial charge in [-0.3, -0.25) is 4.79 Å². The van der Waals surface area contributed by atoms with Crippen molar-refractivity contribution in [1.82, 2.24) is 0 Å². The van der Waals surface area contributed by atoms with Gasteiger partial charge in [0.05, 0.1) is 4.47 Å². The van der Waals surface area contributed by atoms with Crippen molar-refractivity contribution in [1.29, 1.82) is 0 Å². The van der Waals surface area contributed by atoms with Crippen LogP contribution in [-0.4, -0.2) is 10.9 Å². The Morgan fingerprint density at radius 2 is 2.17 bits per heavy atom. The molecule has 0 amide bonds. The lowest BCUT2D eigenvalue weighted by Gasteiger charge is -2.02. The molecule has 0 aliphatic carbocycles. The number of hydrogen-bond donors (Lipinski definition) is 1. The third-order valence-corrected chi connectivity index (χ3v) is 2.94. The van der Waals surface area contributed by atoms with E-state index in [0.717, 1.165) is 3.57 Å². The molecule has 0 aromatic heterocycles. The minimum atomic E-state index is -0.0396. The fourth-order valence-corrected chi connectivity index (χ4v) is 2.43. The summed E-state index contributed by atoms with van der Waals surface area (Å²) in [6.07, 6.45) is 0. The molecule has 4 heteroatoms. The van der Waals surface area contributed by atoms with E-state index >= 15 is 0 Å². The van der Waals surface area contributed by atoms with Crippen molar-refractivity contribution < 1.29 is 9.90 Å². The molecule has 0 bridgehead atoms. The predicted octanol–water partition coefficient (Wildman–Crippen LogP) is 2.96. The van der Waals surface area contributed by atoms with E-state index in [1.54, 1.807) is 6.07 Å². The number of benzene rings is 1. The molecular formula is C8H6BrIO2. The Bertz CT molecular complexity index is 336. The van der Waals surface area contributed by atoms with Crippen molar-refractivity contribution in [2.75, 3.05) is 0 Å². The summed E-state index contributed by atoms with van der Waals surface area (Å²) in [6, 6.07) is 3.18. The van der Waals surface area contributed by atoms with E-state index in [2.05, 4.69) is 38.5 Å². The molecule has 0 saturated carbocycles. The lowest BCUT2D eigenvalue weighted by atomic mass is 10.1. The van der Waals surface area contributed by atoms with Gasteiger partial charge < -0.3 is 5.11 Å². The first kappa shape index (κ1) is 9.98. The van der Waals surface area contributed by atoms with Crippen molar-refractivity contribution in [3.63, 3.8) is 0 Å². The van der Waals surface area contributed by atoms with Gasteiger partial charge in [0, 0.05) is 9.13 Å². The van der Waals surface area contributed by atoms with E-state index in [-0.39, 0.29) is 11.5 Å². The molecule has 64 valence electrons. The molecule has 0 saturated heterocycles. The predicted molar refractivity (Wildman–Crippen MR) is 58.5 cm³/mol. The van der Waals surface area contributed by atoms with Crippen LogP contribution in [0.5, 0.6) is 5.75 Å².